The SMILES string of the molecule is CCCNCc1c(Cl)cccc1N(C)CCC(C)C. The second-order valence-electron chi connectivity index (χ2n) is 5.52. The fourth-order valence-electron chi connectivity index (χ4n) is 2.04. The van der Waals surface area contributed by atoms with Crippen molar-refractivity contribution in [1.82, 2.24) is 5.32 Å². The number of nitrogens with one attached hydrogen (secondary N) is 1. The van der Waals surface area contributed by atoms with Crippen molar-refractivity contribution in [3.63, 3.8) is 0 Å². The number of benzene rings is 1. The zero-order valence-corrected chi connectivity index (χ0v) is 13.4. The van der Waals surface area contributed by atoms with Crippen molar-refractivity contribution in [3.8, 4) is 0 Å². The summed E-state index contributed by atoms with van der Waals surface area (Å²) in [6.45, 7) is 9.63. The predicted molar refractivity (Wildman–Crippen MR) is 86.2 cm³/mol. The Bertz CT molecular complexity index is 377. The maximum absolute atomic E-state index is 6.35. The molecule has 0 heterocycles. The van der Waals surface area contributed by atoms with Crippen LogP contribution in [0.4, 0.5) is 5.69 Å². The third-order valence-corrected chi connectivity index (χ3v) is 3.63. The van der Waals surface area contributed by atoms with Crippen molar-refractivity contribution >= 4 is 17.3 Å². The minimum atomic E-state index is 0.725. The van der Waals surface area contributed by atoms with Crippen LogP contribution in [0.5, 0.6) is 0 Å². The summed E-state index contributed by atoms with van der Waals surface area (Å²) < 4.78 is 0. The Kier molecular flexibility index (Phi) is 7.25. The zero-order valence-electron chi connectivity index (χ0n) is 12.7. The lowest BCUT2D eigenvalue weighted by molar-refractivity contribution is 0.584. The topological polar surface area (TPSA) is 15.3 Å². The normalized spacial score (nSPS) is 11.1. The molecular weight excluding hydrogens is 256 g/mol. The lowest BCUT2D eigenvalue weighted by Gasteiger charge is -2.24. The van der Waals surface area contributed by atoms with E-state index < -0.39 is 0 Å². The third-order valence-electron chi connectivity index (χ3n) is 3.28. The van der Waals surface area contributed by atoms with Gasteiger partial charge in [0.2, 0.25) is 0 Å². The van der Waals surface area contributed by atoms with Crippen LogP contribution in [0.25, 0.3) is 0 Å². The molecule has 0 atom stereocenters. The molecule has 0 aliphatic rings. The third kappa shape index (κ3) is 5.42. The monoisotopic (exact) mass is 282 g/mol. The van der Waals surface area contributed by atoms with Gasteiger partial charge in [-0.2, -0.15) is 0 Å². The van der Waals surface area contributed by atoms with Gasteiger partial charge in [0.1, 0.15) is 0 Å². The van der Waals surface area contributed by atoms with E-state index in [1.807, 2.05) is 12.1 Å². The molecule has 0 radical (unpaired) electrons. The molecule has 19 heavy (non-hydrogen) atoms. The number of halogens is 1. The average molecular weight is 283 g/mol. The van der Waals surface area contributed by atoms with E-state index >= 15 is 0 Å². The van der Waals surface area contributed by atoms with Crippen LogP contribution in [0.15, 0.2) is 18.2 Å². The first-order valence-corrected chi connectivity index (χ1v) is 7.63. The number of hydrogen-bond donors (Lipinski definition) is 1. The second-order valence-corrected chi connectivity index (χ2v) is 5.93. The van der Waals surface area contributed by atoms with E-state index in [0.29, 0.717) is 0 Å². The van der Waals surface area contributed by atoms with Gasteiger partial charge < -0.3 is 10.2 Å². The number of rotatable bonds is 8. The Hall–Kier alpha value is -0.730. The molecule has 1 aromatic carbocycles. The van der Waals surface area contributed by atoms with Crippen LogP contribution >= 0.6 is 11.6 Å². The molecule has 0 unspecified atom stereocenters. The number of anilines is 1. The molecule has 3 heteroatoms. The minimum Gasteiger partial charge on any atom is -0.374 e. The quantitative estimate of drug-likeness (QED) is 0.714. The van der Waals surface area contributed by atoms with Gasteiger partial charge in [0, 0.05) is 36.4 Å². The van der Waals surface area contributed by atoms with Crippen LogP contribution < -0.4 is 10.2 Å². The molecule has 0 saturated heterocycles. The van der Waals surface area contributed by atoms with Crippen LogP contribution in [0.1, 0.15) is 39.2 Å². The summed E-state index contributed by atoms with van der Waals surface area (Å²) in [5.74, 6) is 0.725. The highest BCUT2D eigenvalue weighted by atomic mass is 35.5. The maximum atomic E-state index is 6.35. The average Bonchev–Trinajstić information content (AvgIpc) is 2.38. The van der Waals surface area contributed by atoms with Crippen molar-refractivity contribution in [1.29, 1.82) is 0 Å². The molecule has 0 spiro atoms. The number of nitrogens with zero attached hydrogens (tertiary/aromatic N) is 1. The van der Waals surface area contributed by atoms with Gasteiger partial charge in [-0.25, -0.2) is 0 Å². The Labute approximate surface area is 123 Å². The first-order chi connectivity index (χ1) is 9.06. The highest BCUT2D eigenvalue weighted by Gasteiger charge is 2.10. The van der Waals surface area contributed by atoms with Gasteiger partial charge in [0.25, 0.3) is 0 Å². The van der Waals surface area contributed by atoms with Crippen molar-refractivity contribution < 1.29 is 0 Å². The smallest absolute Gasteiger partial charge is 0.0471 e. The summed E-state index contributed by atoms with van der Waals surface area (Å²) in [6.07, 6.45) is 2.34. The summed E-state index contributed by atoms with van der Waals surface area (Å²) >= 11 is 6.35. The summed E-state index contributed by atoms with van der Waals surface area (Å²) in [5.41, 5.74) is 2.46. The van der Waals surface area contributed by atoms with Crippen LogP contribution in [0.2, 0.25) is 5.02 Å². The summed E-state index contributed by atoms with van der Waals surface area (Å²) in [4.78, 5) is 2.31. The van der Waals surface area contributed by atoms with E-state index in [0.717, 1.165) is 37.0 Å². The van der Waals surface area contributed by atoms with E-state index in [-0.39, 0.29) is 0 Å². The van der Waals surface area contributed by atoms with Crippen molar-refractivity contribution in [2.45, 2.75) is 40.2 Å². The van der Waals surface area contributed by atoms with Gasteiger partial charge in [-0.1, -0.05) is 38.4 Å². The molecule has 2 nitrogen and oxygen atoms in total. The van der Waals surface area contributed by atoms with Crippen molar-refractivity contribution in [2.75, 3.05) is 25.0 Å². The second kappa shape index (κ2) is 8.44. The van der Waals surface area contributed by atoms with Gasteiger partial charge in [-0.3, -0.25) is 0 Å². The molecule has 1 aromatic rings. The van der Waals surface area contributed by atoms with Crippen LogP contribution in [0.3, 0.4) is 0 Å². The molecule has 0 saturated carbocycles. The Balaban J connectivity index is 2.77. The highest BCUT2D eigenvalue weighted by molar-refractivity contribution is 6.31. The first kappa shape index (κ1) is 16.3. The lowest BCUT2D eigenvalue weighted by Crippen LogP contribution is -2.23. The Morgan fingerprint density at radius 3 is 2.68 bits per heavy atom. The summed E-state index contributed by atoms with van der Waals surface area (Å²) in [5, 5.41) is 4.30. The van der Waals surface area contributed by atoms with E-state index in [1.165, 1.54) is 17.7 Å². The van der Waals surface area contributed by atoms with Gasteiger partial charge in [-0.05, 0) is 37.4 Å². The van der Waals surface area contributed by atoms with Crippen LogP contribution in [0, 0.1) is 5.92 Å². The van der Waals surface area contributed by atoms with Crippen LogP contribution in [-0.2, 0) is 6.54 Å². The van der Waals surface area contributed by atoms with Crippen LogP contribution in [-0.4, -0.2) is 20.1 Å². The molecule has 0 aliphatic heterocycles. The highest BCUT2D eigenvalue weighted by Crippen LogP contribution is 2.27. The van der Waals surface area contributed by atoms with E-state index in [1.54, 1.807) is 0 Å². The summed E-state index contributed by atoms with van der Waals surface area (Å²) in [7, 11) is 2.15. The van der Waals surface area contributed by atoms with Gasteiger partial charge in [-0.15, -0.1) is 0 Å². The first-order valence-electron chi connectivity index (χ1n) is 7.25. The van der Waals surface area contributed by atoms with E-state index in [9.17, 15) is 0 Å². The van der Waals surface area contributed by atoms with Gasteiger partial charge >= 0.3 is 0 Å². The number of hydrogen-bond acceptors (Lipinski definition) is 2. The molecule has 0 bridgehead atoms. The molecule has 1 N–H and O–H groups in total. The molecule has 1 rings (SSSR count). The molecule has 0 aromatic heterocycles. The largest absolute Gasteiger partial charge is 0.374 e. The lowest BCUT2D eigenvalue weighted by atomic mass is 10.1. The maximum Gasteiger partial charge on any atom is 0.0471 e. The Morgan fingerprint density at radius 1 is 1.32 bits per heavy atom. The standard InChI is InChI=1S/C16H27ClN2/c1-5-10-18-12-14-15(17)7-6-8-16(14)19(4)11-9-13(2)3/h6-8,13,18H,5,9-12H2,1-4H3. The zero-order chi connectivity index (χ0) is 14.3. The van der Waals surface area contributed by atoms with E-state index in [4.69, 9.17) is 11.6 Å². The molecule has 0 amide bonds. The Morgan fingerprint density at radius 2 is 2.05 bits per heavy atom. The molecule has 108 valence electrons. The molecule has 0 aliphatic carbocycles. The molecule has 0 fully saturated rings. The van der Waals surface area contributed by atoms with Crippen molar-refractivity contribution in [3.05, 3.63) is 28.8 Å². The van der Waals surface area contributed by atoms with Gasteiger partial charge in [0.05, 0.1) is 0 Å². The fourth-order valence-corrected chi connectivity index (χ4v) is 2.28. The summed E-state index contributed by atoms with van der Waals surface area (Å²) in [6, 6.07) is 6.17. The predicted octanol–water partition coefficient (Wildman–Crippen LogP) is 4.32. The fraction of sp³-hybridized carbons (Fsp3) is 0.625. The molecular formula is C16H27ClN2. The van der Waals surface area contributed by atoms with Crippen molar-refractivity contribution in [2.24, 2.45) is 5.92 Å². The van der Waals surface area contributed by atoms with E-state index in [2.05, 4.69) is 44.1 Å². The van der Waals surface area contributed by atoms with Gasteiger partial charge in [0.15, 0.2) is 0 Å². The minimum absolute atomic E-state index is 0.725.